The van der Waals surface area contributed by atoms with Crippen molar-refractivity contribution in [3.05, 3.63) is 29.3 Å². The maximum Gasteiger partial charge on any atom is 0.253 e. The summed E-state index contributed by atoms with van der Waals surface area (Å²) >= 11 is 0. The van der Waals surface area contributed by atoms with Crippen LogP contribution in [-0.4, -0.2) is 48.3 Å². The smallest absolute Gasteiger partial charge is 0.253 e. The van der Waals surface area contributed by atoms with Crippen LogP contribution in [0.25, 0.3) is 0 Å². The number of hydrogen-bond acceptors (Lipinski definition) is 4. The van der Waals surface area contributed by atoms with Gasteiger partial charge in [-0.25, -0.2) is 0 Å². The zero-order valence-corrected chi connectivity index (χ0v) is 12.1. The van der Waals surface area contributed by atoms with Crippen molar-refractivity contribution >= 4 is 11.6 Å². The summed E-state index contributed by atoms with van der Waals surface area (Å²) in [6.45, 7) is 3.26. The van der Waals surface area contributed by atoms with Crippen molar-refractivity contribution in [1.29, 1.82) is 0 Å². The van der Waals surface area contributed by atoms with Gasteiger partial charge in [0.1, 0.15) is 0 Å². The molecule has 5 nitrogen and oxygen atoms in total. The molecule has 3 N–H and O–H groups in total. The molecule has 1 aromatic carbocycles. The summed E-state index contributed by atoms with van der Waals surface area (Å²) < 4.78 is 5.25. The van der Waals surface area contributed by atoms with Crippen LogP contribution < -0.4 is 5.73 Å². The van der Waals surface area contributed by atoms with E-state index in [9.17, 15) is 9.90 Å². The van der Waals surface area contributed by atoms with Crippen molar-refractivity contribution in [3.8, 4) is 0 Å². The van der Waals surface area contributed by atoms with Gasteiger partial charge in [0.25, 0.3) is 5.91 Å². The van der Waals surface area contributed by atoms with Crippen LogP contribution in [0.3, 0.4) is 0 Å². The third-order valence-electron chi connectivity index (χ3n) is 3.78. The molecule has 1 fully saturated rings. The second kappa shape index (κ2) is 5.81. The van der Waals surface area contributed by atoms with Gasteiger partial charge in [-0.3, -0.25) is 4.79 Å². The van der Waals surface area contributed by atoms with Gasteiger partial charge >= 0.3 is 0 Å². The van der Waals surface area contributed by atoms with Crippen LogP contribution >= 0.6 is 0 Å². The number of nitrogens with zero attached hydrogens (tertiary/aromatic N) is 1. The first-order valence-corrected chi connectivity index (χ1v) is 6.83. The first-order valence-electron chi connectivity index (χ1n) is 6.83. The van der Waals surface area contributed by atoms with E-state index in [-0.39, 0.29) is 5.91 Å². The van der Waals surface area contributed by atoms with E-state index in [0.29, 0.717) is 43.9 Å². The van der Waals surface area contributed by atoms with Crippen molar-refractivity contribution in [2.45, 2.75) is 25.4 Å². The Morgan fingerprint density at radius 2 is 2.10 bits per heavy atom. The van der Waals surface area contributed by atoms with E-state index in [2.05, 4.69) is 0 Å². The lowest BCUT2D eigenvalue weighted by atomic mass is 9.93. The summed E-state index contributed by atoms with van der Waals surface area (Å²) in [7, 11) is 1.71. The highest BCUT2D eigenvalue weighted by molar-refractivity contribution is 5.95. The molecule has 20 heavy (non-hydrogen) atoms. The van der Waals surface area contributed by atoms with Crippen LogP contribution in [0.4, 0.5) is 5.69 Å². The fraction of sp³-hybridized carbons (Fsp3) is 0.533. The predicted molar refractivity (Wildman–Crippen MR) is 77.6 cm³/mol. The normalized spacial score (nSPS) is 17.8. The number of amides is 1. The number of benzene rings is 1. The Morgan fingerprint density at radius 3 is 2.70 bits per heavy atom. The number of ether oxygens (including phenoxy) is 1. The Balaban J connectivity index is 2.08. The first-order chi connectivity index (χ1) is 9.41. The molecule has 2 rings (SSSR count). The quantitative estimate of drug-likeness (QED) is 0.814. The Labute approximate surface area is 119 Å². The third-order valence-corrected chi connectivity index (χ3v) is 3.78. The van der Waals surface area contributed by atoms with Gasteiger partial charge in [0.15, 0.2) is 0 Å². The first kappa shape index (κ1) is 14.8. The Kier molecular flexibility index (Phi) is 4.30. The topological polar surface area (TPSA) is 75.8 Å². The molecule has 0 atom stereocenters. The summed E-state index contributed by atoms with van der Waals surface area (Å²) in [5, 5.41) is 10.5. The van der Waals surface area contributed by atoms with Gasteiger partial charge in [-0.05, 0) is 30.7 Å². The second-order valence-corrected chi connectivity index (χ2v) is 5.57. The molecule has 5 heteroatoms. The third kappa shape index (κ3) is 3.29. The van der Waals surface area contributed by atoms with Gasteiger partial charge in [0.05, 0.1) is 5.60 Å². The molecule has 0 radical (unpaired) electrons. The Morgan fingerprint density at radius 1 is 1.45 bits per heavy atom. The monoisotopic (exact) mass is 278 g/mol. The highest BCUT2D eigenvalue weighted by Gasteiger charge is 2.32. The number of nitrogen functional groups attached to an aromatic ring is 1. The number of nitrogens with two attached hydrogens (primary N) is 1. The molecule has 1 saturated heterocycles. The van der Waals surface area contributed by atoms with Gasteiger partial charge in [0.2, 0.25) is 0 Å². The van der Waals surface area contributed by atoms with E-state index in [1.54, 1.807) is 30.1 Å². The summed E-state index contributed by atoms with van der Waals surface area (Å²) in [6.07, 6.45) is 1.12. The van der Waals surface area contributed by atoms with Gasteiger partial charge in [0, 0.05) is 50.9 Å². The Bertz CT molecular complexity index is 496. The maximum atomic E-state index is 12.4. The maximum absolute atomic E-state index is 12.4. The lowest BCUT2D eigenvalue weighted by molar-refractivity contribution is -0.0734. The second-order valence-electron chi connectivity index (χ2n) is 5.57. The average molecular weight is 278 g/mol. The molecule has 1 heterocycles. The van der Waals surface area contributed by atoms with Crippen molar-refractivity contribution in [2.75, 3.05) is 32.5 Å². The minimum absolute atomic E-state index is 0.0950. The fourth-order valence-electron chi connectivity index (χ4n) is 2.56. The van der Waals surface area contributed by atoms with E-state index in [0.717, 1.165) is 5.56 Å². The molecule has 0 bridgehead atoms. The highest BCUT2D eigenvalue weighted by atomic mass is 16.5. The van der Waals surface area contributed by atoms with Crippen LogP contribution in [-0.2, 0) is 4.74 Å². The minimum atomic E-state index is -0.843. The zero-order valence-electron chi connectivity index (χ0n) is 12.1. The van der Waals surface area contributed by atoms with Crippen LogP contribution in [0.2, 0.25) is 0 Å². The Hall–Kier alpha value is -1.59. The lowest BCUT2D eigenvalue weighted by Gasteiger charge is -2.35. The number of likely N-dealkylation sites (N-methyl/N-ethyl adjacent to an activating group) is 1. The standard InChI is InChI=1S/C15H22N2O3/c1-11-9-12(16)3-4-13(11)14(18)17(2)10-15(19)5-7-20-8-6-15/h3-4,9,19H,5-8,10,16H2,1-2H3. The number of rotatable bonds is 3. The molecule has 0 unspecified atom stereocenters. The van der Waals surface area contributed by atoms with E-state index in [1.807, 2.05) is 6.92 Å². The molecule has 0 spiro atoms. The lowest BCUT2D eigenvalue weighted by Crippen LogP contribution is -2.47. The fourth-order valence-corrected chi connectivity index (χ4v) is 2.56. The summed E-state index contributed by atoms with van der Waals surface area (Å²) in [5.74, 6) is -0.0950. The van der Waals surface area contributed by atoms with Gasteiger partial charge < -0.3 is 20.5 Å². The van der Waals surface area contributed by atoms with Crippen molar-refractivity contribution in [1.82, 2.24) is 4.90 Å². The van der Waals surface area contributed by atoms with Gasteiger partial charge in [-0.2, -0.15) is 0 Å². The molecule has 1 aliphatic heterocycles. The molecular formula is C15H22N2O3. The number of carbonyl (C=O) groups excluding carboxylic acids is 1. The number of carbonyl (C=O) groups is 1. The molecule has 0 aliphatic carbocycles. The average Bonchev–Trinajstić information content (AvgIpc) is 2.38. The van der Waals surface area contributed by atoms with Crippen LogP contribution in [0.5, 0.6) is 0 Å². The van der Waals surface area contributed by atoms with Gasteiger partial charge in [-0.1, -0.05) is 0 Å². The van der Waals surface area contributed by atoms with Crippen LogP contribution in [0.1, 0.15) is 28.8 Å². The van der Waals surface area contributed by atoms with Crippen LogP contribution in [0.15, 0.2) is 18.2 Å². The summed E-state index contributed by atoms with van der Waals surface area (Å²) in [4.78, 5) is 14.0. The van der Waals surface area contributed by atoms with E-state index in [1.165, 1.54) is 0 Å². The number of hydrogen-bond donors (Lipinski definition) is 2. The number of aliphatic hydroxyl groups is 1. The summed E-state index contributed by atoms with van der Waals surface area (Å²) in [6, 6.07) is 5.24. The minimum Gasteiger partial charge on any atom is -0.399 e. The molecular weight excluding hydrogens is 256 g/mol. The van der Waals surface area contributed by atoms with E-state index in [4.69, 9.17) is 10.5 Å². The molecule has 0 saturated carbocycles. The predicted octanol–water partition coefficient (Wildman–Crippen LogP) is 1.19. The summed E-state index contributed by atoms with van der Waals surface area (Å²) in [5.41, 5.74) is 6.97. The SMILES string of the molecule is Cc1cc(N)ccc1C(=O)N(C)CC1(O)CCOCC1. The highest BCUT2D eigenvalue weighted by Crippen LogP contribution is 2.22. The molecule has 1 aliphatic rings. The number of aryl methyl sites for hydroxylation is 1. The van der Waals surface area contributed by atoms with E-state index >= 15 is 0 Å². The zero-order chi connectivity index (χ0) is 14.8. The largest absolute Gasteiger partial charge is 0.399 e. The van der Waals surface area contributed by atoms with Crippen molar-refractivity contribution in [3.63, 3.8) is 0 Å². The molecule has 0 aromatic heterocycles. The van der Waals surface area contributed by atoms with Gasteiger partial charge in [-0.15, -0.1) is 0 Å². The number of anilines is 1. The van der Waals surface area contributed by atoms with Crippen molar-refractivity contribution in [2.24, 2.45) is 0 Å². The van der Waals surface area contributed by atoms with Crippen molar-refractivity contribution < 1.29 is 14.6 Å². The molecule has 1 aromatic rings. The molecule has 1 amide bonds. The van der Waals surface area contributed by atoms with E-state index < -0.39 is 5.60 Å². The van der Waals surface area contributed by atoms with Crippen LogP contribution in [0, 0.1) is 6.92 Å². The molecule has 110 valence electrons.